The summed E-state index contributed by atoms with van der Waals surface area (Å²) in [7, 11) is 0. The fraction of sp³-hybridized carbons (Fsp3) is 0.533. The highest BCUT2D eigenvalue weighted by atomic mass is 35.5. The Morgan fingerprint density at radius 1 is 1.28 bits per heavy atom. The van der Waals surface area contributed by atoms with Crippen LogP contribution >= 0.6 is 11.6 Å². The highest BCUT2D eigenvalue weighted by molar-refractivity contribution is 6.31. The number of rotatable bonds is 2. The van der Waals surface area contributed by atoms with Gasteiger partial charge in [-0.1, -0.05) is 31.5 Å². The number of hydrogen-bond donors (Lipinski definition) is 0. The molecule has 0 heterocycles. The summed E-state index contributed by atoms with van der Waals surface area (Å²) >= 11 is 6.00. The lowest BCUT2D eigenvalue weighted by Crippen LogP contribution is -2.29. The zero-order valence-corrected chi connectivity index (χ0v) is 11.6. The fourth-order valence-electron chi connectivity index (χ4n) is 2.50. The summed E-state index contributed by atoms with van der Waals surface area (Å²) in [5, 5.41) is 9.57. The SMILES string of the molecule is CC1CCC(Oc2cccc(Cl)c2C#N)CC1C. The normalized spacial score (nSPS) is 27.6. The van der Waals surface area contributed by atoms with E-state index in [-0.39, 0.29) is 6.10 Å². The molecule has 3 unspecified atom stereocenters. The van der Waals surface area contributed by atoms with Gasteiger partial charge in [0.1, 0.15) is 17.4 Å². The summed E-state index contributed by atoms with van der Waals surface area (Å²) in [5.74, 6) is 2.06. The Kier molecular flexibility index (Phi) is 4.14. The Balaban J connectivity index is 2.11. The highest BCUT2D eigenvalue weighted by Crippen LogP contribution is 2.33. The number of nitrogens with zero attached hydrogens (tertiary/aromatic N) is 1. The van der Waals surface area contributed by atoms with Crippen LogP contribution in [0.25, 0.3) is 0 Å². The van der Waals surface area contributed by atoms with Crippen molar-refractivity contribution in [3.63, 3.8) is 0 Å². The Labute approximate surface area is 114 Å². The van der Waals surface area contributed by atoms with Crippen molar-refractivity contribution in [2.45, 2.75) is 39.2 Å². The summed E-state index contributed by atoms with van der Waals surface area (Å²) in [6.45, 7) is 4.56. The second-order valence-corrected chi connectivity index (χ2v) is 5.64. The third kappa shape index (κ3) is 2.79. The first-order chi connectivity index (χ1) is 8.61. The van der Waals surface area contributed by atoms with Crippen LogP contribution < -0.4 is 4.74 Å². The second kappa shape index (κ2) is 5.63. The molecule has 2 nitrogen and oxygen atoms in total. The van der Waals surface area contributed by atoms with Crippen LogP contribution in [0.2, 0.25) is 5.02 Å². The van der Waals surface area contributed by atoms with Crippen LogP contribution in [0.15, 0.2) is 18.2 Å². The molecule has 96 valence electrons. The van der Waals surface area contributed by atoms with E-state index in [9.17, 15) is 0 Å². The molecule has 0 bridgehead atoms. The van der Waals surface area contributed by atoms with Crippen molar-refractivity contribution in [1.29, 1.82) is 5.26 Å². The number of benzene rings is 1. The molecule has 3 atom stereocenters. The molecule has 3 heteroatoms. The lowest BCUT2D eigenvalue weighted by atomic mass is 9.80. The molecule has 0 N–H and O–H groups in total. The van der Waals surface area contributed by atoms with E-state index in [2.05, 4.69) is 19.9 Å². The maximum absolute atomic E-state index is 9.11. The summed E-state index contributed by atoms with van der Waals surface area (Å²) < 4.78 is 5.97. The average molecular weight is 264 g/mol. The molecule has 0 saturated heterocycles. The molecule has 0 radical (unpaired) electrons. The first-order valence-electron chi connectivity index (χ1n) is 6.47. The molecule has 0 aliphatic heterocycles. The van der Waals surface area contributed by atoms with E-state index < -0.39 is 0 Å². The van der Waals surface area contributed by atoms with E-state index >= 15 is 0 Å². The van der Waals surface area contributed by atoms with Gasteiger partial charge in [-0.25, -0.2) is 0 Å². The van der Waals surface area contributed by atoms with Crippen molar-refractivity contribution in [2.75, 3.05) is 0 Å². The van der Waals surface area contributed by atoms with E-state index in [1.54, 1.807) is 6.07 Å². The van der Waals surface area contributed by atoms with E-state index in [0.717, 1.165) is 18.8 Å². The molecule has 1 aliphatic rings. The smallest absolute Gasteiger partial charge is 0.139 e. The summed E-state index contributed by atoms with van der Waals surface area (Å²) in [4.78, 5) is 0. The Bertz CT molecular complexity index is 466. The Hall–Kier alpha value is -1.20. The van der Waals surface area contributed by atoms with Gasteiger partial charge >= 0.3 is 0 Å². The molecule has 2 rings (SSSR count). The van der Waals surface area contributed by atoms with Gasteiger partial charge in [0.2, 0.25) is 0 Å². The number of ether oxygens (including phenoxy) is 1. The van der Waals surface area contributed by atoms with Crippen molar-refractivity contribution in [3.05, 3.63) is 28.8 Å². The fourth-order valence-corrected chi connectivity index (χ4v) is 2.70. The van der Waals surface area contributed by atoms with Gasteiger partial charge in [-0.3, -0.25) is 0 Å². The molecule has 18 heavy (non-hydrogen) atoms. The quantitative estimate of drug-likeness (QED) is 0.792. The third-order valence-corrected chi connectivity index (χ3v) is 4.25. The molecule has 0 aromatic heterocycles. The van der Waals surface area contributed by atoms with Crippen LogP contribution in [0.1, 0.15) is 38.7 Å². The predicted octanol–water partition coefficient (Wildman–Crippen LogP) is 4.42. The van der Waals surface area contributed by atoms with Crippen LogP contribution in [-0.4, -0.2) is 6.10 Å². The molecule has 1 aliphatic carbocycles. The summed E-state index contributed by atoms with van der Waals surface area (Å²) in [5.41, 5.74) is 0.449. The lowest BCUT2D eigenvalue weighted by molar-refractivity contribution is 0.100. The van der Waals surface area contributed by atoms with Gasteiger partial charge < -0.3 is 4.74 Å². The van der Waals surface area contributed by atoms with Crippen LogP contribution in [0.5, 0.6) is 5.75 Å². The van der Waals surface area contributed by atoms with Crippen LogP contribution in [0, 0.1) is 23.2 Å². The third-order valence-electron chi connectivity index (χ3n) is 3.93. The maximum atomic E-state index is 9.11. The summed E-state index contributed by atoms with van der Waals surface area (Å²) in [6, 6.07) is 7.49. The molecule has 1 saturated carbocycles. The predicted molar refractivity (Wildman–Crippen MR) is 72.8 cm³/mol. The van der Waals surface area contributed by atoms with E-state index in [1.165, 1.54) is 6.42 Å². The molecule has 1 fully saturated rings. The van der Waals surface area contributed by atoms with Crippen molar-refractivity contribution in [3.8, 4) is 11.8 Å². The summed E-state index contributed by atoms with van der Waals surface area (Å²) in [6.07, 6.45) is 3.51. The monoisotopic (exact) mass is 263 g/mol. The van der Waals surface area contributed by atoms with Gasteiger partial charge in [0, 0.05) is 0 Å². The van der Waals surface area contributed by atoms with E-state index in [4.69, 9.17) is 21.6 Å². The molecule has 1 aromatic carbocycles. The molecular weight excluding hydrogens is 246 g/mol. The van der Waals surface area contributed by atoms with E-state index in [1.807, 2.05) is 12.1 Å². The number of hydrogen-bond acceptors (Lipinski definition) is 2. The van der Waals surface area contributed by atoms with Crippen molar-refractivity contribution in [2.24, 2.45) is 11.8 Å². The number of halogens is 1. The lowest BCUT2D eigenvalue weighted by Gasteiger charge is -2.32. The minimum atomic E-state index is 0.210. The Morgan fingerprint density at radius 3 is 2.72 bits per heavy atom. The first-order valence-corrected chi connectivity index (χ1v) is 6.85. The van der Waals surface area contributed by atoms with Crippen LogP contribution in [0.3, 0.4) is 0 Å². The zero-order chi connectivity index (χ0) is 13.1. The van der Waals surface area contributed by atoms with Gasteiger partial charge in [0.15, 0.2) is 0 Å². The van der Waals surface area contributed by atoms with Crippen LogP contribution in [0.4, 0.5) is 0 Å². The van der Waals surface area contributed by atoms with Gasteiger partial charge in [-0.15, -0.1) is 0 Å². The number of nitriles is 1. The Morgan fingerprint density at radius 2 is 2.06 bits per heavy atom. The topological polar surface area (TPSA) is 33.0 Å². The first kappa shape index (κ1) is 13.2. The van der Waals surface area contributed by atoms with Crippen LogP contribution in [-0.2, 0) is 0 Å². The van der Waals surface area contributed by atoms with Crippen molar-refractivity contribution < 1.29 is 4.74 Å². The minimum absolute atomic E-state index is 0.210. The van der Waals surface area contributed by atoms with Gasteiger partial charge in [0.25, 0.3) is 0 Å². The van der Waals surface area contributed by atoms with Crippen molar-refractivity contribution >= 4 is 11.6 Å². The molecule has 1 aromatic rings. The van der Waals surface area contributed by atoms with Gasteiger partial charge in [-0.05, 0) is 43.2 Å². The van der Waals surface area contributed by atoms with E-state index in [0.29, 0.717) is 22.3 Å². The van der Waals surface area contributed by atoms with Crippen molar-refractivity contribution in [1.82, 2.24) is 0 Å². The largest absolute Gasteiger partial charge is 0.489 e. The second-order valence-electron chi connectivity index (χ2n) is 5.23. The molecule has 0 amide bonds. The standard InChI is InChI=1S/C15H18ClNO/c1-10-6-7-12(8-11(10)2)18-15-5-3-4-14(16)13(15)9-17/h3-5,10-12H,6-8H2,1-2H3. The van der Waals surface area contributed by atoms with Gasteiger partial charge in [0.05, 0.1) is 11.1 Å². The average Bonchev–Trinajstić information content (AvgIpc) is 2.34. The maximum Gasteiger partial charge on any atom is 0.139 e. The highest BCUT2D eigenvalue weighted by Gasteiger charge is 2.26. The minimum Gasteiger partial charge on any atom is -0.489 e. The van der Waals surface area contributed by atoms with Gasteiger partial charge in [-0.2, -0.15) is 5.26 Å². The molecular formula is C15H18ClNO. The molecule has 0 spiro atoms. The zero-order valence-electron chi connectivity index (χ0n) is 10.8.